The third-order valence-electron chi connectivity index (χ3n) is 4.94. The molecule has 0 aromatic heterocycles. The fourth-order valence-electron chi connectivity index (χ4n) is 3.04. The molecule has 0 aliphatic heterocycles. The summed E-state index contributed by atoms with van der Waals surface area (Å²) in [5, 5.41) is 3.40. The first-order valence-electron chi connectivity index (χ1n) is 9.35. The third-order valence-corrected chi connectivity index (χ3v) is 6.45. The lowest BCUT2D eigenvalue weighted by molar-refractivity contribution is 0.102. The molecule has 5 nitrogen and oxygen atoms in total. The van der Waals surface area contributed by atoms with Crippen molar-refractivity contribution in [2.24, 2.45) is 0 Å². The van der Waals surface area contributed by atoms with Crippen molar-refractivity contribution in [3.05, 3.63) is 94.0 Å². The van der Waals surface area contributed by atoms with Crippen molar-refractivity contribution in [3.8, 4) is 0 Å². The molecule has 0 radical (unpaired) electrons. The number of hydrogen-bond acceptors (Lipinski definition) is 3. The number of rotatable bonds is 6. The van der Waals surface area contributed by atoms with E-state index in [0.29, 0.717) is 21.8 Å². The average Bonchev–Trinajstić information content (AvgIpc) is 2.70. The van der Waals surface area contributed by atoms with Crippen molar-refractivity contribution >= 4 is 38.9 Å². The van der Waals surface area contributed by atoms with E-state index in [2.05, 4.69) is 5.32 Å². The molecule has 30 heavy (non-hydrogen) atoms. The van der Waals surface area contributed by atoms with Crippen LogP contribution in [0.4, 0.5) is 11.4 Å². The molecule has 0 fully saturated rings. The molecule has 0 bridgehead atoms. The van der Waals surface area contributed by atoms with Gasteiger partial charge >= 0.3 is 0 Å². The summed E-state index contributed by atoms with van der Waals surface area (Å²) < 4.78 is 26.0. The molecule has 7 heteroatoms. The van der Waals surface area contributed by atoms with Crippen molar-refractivity contribution in [3.63, 3.8) is 0 Å². The average molecular weight is 443 g/mol. The molecule has 1 amide bonds. The Labute approximate surface area is 182 Å². The lowest BCUT2D eigenvalue weighted by atomic mass is 10.1. The summed E-state index contributed by atoms with van der Waals surface area (Å²) >= 11 is 6.20. The number of sulfonamides is 1. The first-order valence-corrected chi connectivity index (χ1v) is 11.6. The number of nitrogens with one attached hydrogen (secondary N) is 1. The first-order chi connectivity index (χ1) is 14.2. The smallest absolute Gasteiger partial charge is 0.255 e. The Bertz CT molecular complexity index is 1180. The quantitative estimate of drug-likeness (QED) is 0.572. The monoisotopic (exact) mass is 442 g/mol. The molecule has 0 unspecified atom stereocenters. The molecule has 1 N–H and O–H groups in total. The normalized spacial score (nSPS) is 11.2. The van der Waals surface area contributed by atoms with Gasteiger partial charge in [-0.1, -0.05) is 41.9 Å². The van der Waals surface area contributed by atoms with Crippen LogP contribution in [0.1, 0.15) is 27.0 Å². The van der Waals surface area contributed by atoms with Gasteiger partial charge in [-0.2, -0.15) is 0 Å². The van der Waals surface area contributed by atoms with E-state index in [4.69, 9.17) is 11.6 Å². The molecule has 0 saturated carbocycles. The van der Waals surface area contributed by atoms with E-state index in [-0.39, 0.29) is 12.5 Å². The maximum Gasteiger partial charge on any atom is 0.255 e. The number of benzene rings is 3. The summed E-state index contributed by atoms with van der Waals surface area (Å²) in [6, 6.07) is 19.3. The third kappa shape index (κ3) is 5.01. The molecule has 0 aliphatic carbocycles. The van der Waals surface area contributed by atoms with Crippen molar-refractivity contribution in [2.75, 3.05) is 15.9 Å². The van der Waals surface area contributed by atoms with Gasteiger partial charge in [0.15, 0.2) is 0 Å². The largest absolute Gasteiger partial charge is 0.322 e. The number of carbonyl (C=O) groups excluding carboxylic acids is 1. The van der Waals surface area contributed by atoms with Gasteiger partial charge in [-0.15, -0.1) is 0 Å². The molecule has 0 saturated heterocycles. The van der Waals surface area contributed by atoms with Gasteiger partial charge in [0.2, 0.25) is 10.0 Å². The van der Waals surface area contributed by atoms with Crippen molar-refractivity contribution in [2.45, 2.75) is 20.4 Å². The van der Waals surface area contributed by atoms with Gasteiger partial charge in [0, 0.05) is 16.3 Å². The van der Waals surface area contributed by atoms with E-state index < -0.39 is 10.0 Å². The molecule has 3 aromatic carbocycles. The molecule has 3 aromatic rings. The van der Waals surface area contributed by atoms with E-state index >= 15 is 0 Å². The molecule has 0 heterocycles. The molecular formula is C23H23ClN2O3S. The van der Waals surface area contributed by atoms with Crippen LogP contribution in [-0.4, -0.2) is 20.6 Å². The van der Waals surface area contributed by atoms with Crippen molar-refractivity contribution < 1.29 is 13.2 Å². The van der Waals surface area contributed by atoms with Gasteiger partial charge in [0.1, 0.15) is 0 Å². The minimum atomic E-state index is -3.55. The number of amides is 1. The van der Waals surface area contributed by atoms with Crippen molar-refractivity contribution in [1.29, 1.82) is 0 Å². The highest BCUT2D eigenvalue weighted by Gasteiger charge is 2.19. The minimum absolute atomic E-state index is 0.104. The lowest BCUT2D eigenvalue weighted by Crippen LogP contribution is -2.29. The predicted octanol–water partition coefficient (Wildman–Crippen LogP) is 5.18. The van der Waals surface area contributed by atoms with E-state index in [9.17, 15) is 13.2 Å². The summed E-state index contributed by atoms with van der Waals surface area (Å²) in [6.45, 7) is 4.04. The van der Waals surface area contributed by atoms with Crippen LogP contribution in [-0.2, 0) is 16.6 Å². The van der Waals surface area contributed by atoms with Crippen LogP contribution >= 0.6 is 11.6 Å². The van der Waals surface area contributed by atoms with Gasteiger partial charge < -0.3 is 5.32 Å². The van der Waals surface area contributed by atoms with E-state index in [0.717, 1.165) is 23.1 Å². The topological polar surface area (TPSA) is 66.5 Å². The second-order valence-electron chi connectivity index (χ2n) is 7.11. The summed E-state index contributed by atoms with van der Waals surface area (Å²) in [4.78, 5) is 12.6. The number of hydrogen-bond donors (Lipinski definition) is 1. The number of anilines is 2. The SMILES string of the molecule is Cc1cccc(NC(=O)c2ccc(N(Cc3ccccc3Cl)S(C)(=O)=O)cc2)c1C. The van der Waals surface area contributed by atoms with E-state index in [1.165, 1.54) is 4.31 Å². The van der Waals surface area contributed by atoms with Crippen LogP contribution in [0, 0.1) is 13.8 Å². The Morgan fingerprint density at radius 2 is 1.63 bits per heavy atom. The van der Waals surface area contributed by atoms with Crippen molar-refractivity contribution in [1.82, 2.24) is 0 Å². The number of aryl methyl sites for hydroxylation is 1. The van der Waals surface area contributed by atoms with Crippen LogP contribution in [0.25, 0.3) is 0 Å². The Balaban J connectivity index is 1.84. The van der Waals surface area contributed by atoms with E-state index in [1.54, 1.807) is 42.5 Å². The Morgan fingerprint density at radius 3 is 2.27 bits per heavy atom. The Kier molecular flexibility index (Phi) is 6.48. The summed E-state index contributed by atoms with van der Waals surface area (Å²) in [5.74, 6) is -0.257. The van der Waals surface area contributed by atoms with Crippen LogP contribution in [0.15, 0.2) is 66.7 Å². The van der Waals surface area contributed by atoms with Gasteiger partial charge in [-0.3, -0.25) is 9.10 Å². The number of carbonyl (C=O) groups is 1. The highest BCUT2D eigenvalue weighted by atomic mass is 35.5. The first kappa shape index (κ1) is 21.9. The fraction of sp³-hybridized carbons (Fsp3) is 0.174. The Hall–Kier alpha value is -2.83. The molecule has 156 valence electrons. The van der Waals surface area contributed by atoms with Crippen LogP contribution in [0.5, 0.6) is 0 Å². The minimum Gasteiger partial charge on any atom is -0.322 e. The van der Waals surface area contributed by atoms with Crippen LogP contribution < -0.4 is 9.62 Å². The second-order valence-corrected chi connectivity index (χ2v) is 9.42. The van der Waals surface area contributed by atoms with E-state index in [1.807, 2.05) is 38.1 Å². The maximum absolute atomic E-state index is 12.6. The van der Waals surface area contributed by atoms with Gasteiger partial charge in [-0.25, -0.2) is 8.42 Å². The zero-order valence-corrected chi connectivity index (χ0v) is 18.6. The fourth-order valence-corrected chi connectivity index (χ4v) is 4.12. The number of nitrogens with zero attached hydrogens (tertiary/aromatic N) is 1. The highest BCUT2D eigenvalue weighted by Crippen LogP contribution is 2.25. The summed E-state index contributed by atoms with van der Waals surface area (Å²) in [6.07, 6.45) is 1.14. The Morgan fingerprint density at radius 1 is 0.967 bits per heavy atom. The standard InChI is InChI=1S/C23H23ClN2O3S/c1-16-7-6-10-22(17(16)2)25-23(27)18-11-13-20(14-12-18)26(30(3,28)29)15-19-8-4-5-9-21(19)24/h4-14H,15H2,1-3H3,(H,25,27). The van der Waals surface area contributed by atoms with Crippen LogP contribution in [0.2, 0.25) is 5.02 Å². The van der Waals surface area contributed by atoms with Gasteiger partial charge in [-0.05, 0) is 66.9 Å². The zero-order valence-electron chi connectivity index (χ0n) is 17.0. The second kappa shape index (κ2) is 8.90. The molecular weight excluding hydrogens is 420 g/mol. The maximum atomic E-state index is 12.6. The zero-order chi connectivity index (χ0) is 21.9. The molecule has 3 rings (SSSR count). The summed E-state index contributed by atoms with van der Waals surface area (Å²) in [7, 11) is -3.55. The molecule has 0 atom stereocenters. The number of halogens is 1. The predicted molar refractivity (Wildman–Crippen MR) is 123 cm³/mol. The molecule has 0 spiro atoms. The van der Waals surface area contributed by atoms with Crippen LogP contribution in [0.3, 0.4) is 0 Å². The summed E-state index contributed by atoms with van der Waals surface area (Å²) in [5.41, 5.74) is 4.44. The van der Waals surface area contributed by atoms with Gasteiger partial charge in [0.25, 0.3) is 5.91 Å². The van der Waals surface area contributed by atoms with Gasteiger partial charge in [0.05, 0.1) is 18.5 Å². The molecule has 0 aliphatic rings. The highest BCUT2D eigenvalue weighted by molar-refractivity contribution is 7.92. The lowest BCUT2D eigenvalue weighted by Gasteiger charge is -2.23.